The summed E-state index contributed by atoms with van der Waals surface area (Å²) in [6.45, 7) is 0. The summed E-state index contributed by atoms with van der Waals surface area (Å²) in [6, 6.07) is 0. The molecule has 0 spiro atoms. The van der Waals surface area contributed by atoms with Crippen LogP contribution in [0.3, 0.4) is 0 Å². The van der Waals surface area contributed by atoms with Crippen LogP contribution in [-0.2, 0) is 9.84 Å². The van der Waals surface area contributed by atoms with Crippen molar-refractivity contribution in [2.45, 2.75) is 12.3 Å². The van der Waals surface area contributed by atoms with Crippen molar-refractivity contribution in [2.75, 3.05) is 17.2 Å². The van der Waals surface area contributed by atoms with E-state index in [0.29, 0.717) is 17.4 Å². The molecule has 1 aromatic rings. The Morgan fingerprint density at radius 2 is 2.31 bits per heavy atom. The molecule has 13 heavy (non-hydrogen) atoms. The second-order valence-electron chi connectivity index (χ2n) is 3.09. The Labute approximate surface area is 80.1 Å². The van der Waals surface area contributed by atoms with E-state index in [2.05, 4.69) is 9.36 Å². The van der Waals surface area contributed by atoms with E-state index >= 15 is 0 Å². The van der Waals surface area contributed by atoms with Crippen LogP contribution < -0.4 is 5.73 Å². The van der Waals surface area contributed by atoms with Gasteiger partial charge in [-0.2, -0.15) is 4.37 Å². The average molecular weight is 219 g/mol. The van der Waals surface area contributed by atoms with Gasteiger partial charge in [-0.15, -0.1) is 0 Å². The van der Waals surface area contributed by atoms with Gasteiger partial charge in [0.1, 0.15) is 5.82 Å². The zero-order chi connectivity index (χ0) is 9.47. The van der Waals surface area contributed by atoms with E-state index in [0.717, 1.165) is 11.5 Å². The molecular weight excluding hydrogens is 210 g/mol. The van der Waals surface area contributed by atoms with Crippen molar-refractivity contribution in [1.29, 1.82) is 0 Å². The number of sulfone groups is 1. The van der Waals surface area contributed by atoms with Crippen molar-refractivity contribution in [3.63, 3.8) is 0 Å². The number of aromatic nitrogens is 2. The monoisotopic (exact) mass is 219 g/mol. The molecule has 72 valence electrons. The Hall–Kier alpha value is -0.690. The summed E-state index contributed by atoms with van der Waals surface area (Å²) in [6.07, 6.45) is 0.624. The molecule has 2 N–H and O–H groups in total. The van der Waals surface area contributed by atoms with Gasteiger partial charge in [0.15, 0.2) is 15.0 Å². The predicted molar refractivity (Wildman–Crippen MR) is 50.3 cm³/mol. The van der Waals surface area contributed by atoms with Gasteiger partial charge >= 0.3 is 0 Å². The highest BCUT2D eigenvalue weighted by atomic mass is 32.2. The summed E-state index contributed by atoms with van der Waals surface area (Å²) in [5, 5.41) is 0.402. The molecule has 0 saturated carbocycles. The van der Waals surface area contributed by atoms with Crippen molar-refractivity contribution in [3.8, 4) is 0 Å². The van der Waals surface area contributed by atoms with Crippen LogP contribution in [0.15, 0.2) is 0 Å². The van der Waals surface area contributed by atoms with Gasteiger partial charge in [0.25, 0.3) is 0 Å². The number of nitrogens with two attached hydrogens (primary N) is 1. The van der Waals surface area contributed by atoms with E-state index in [1.807, 2.05) is 0 Å². The third-order valence-electron chi connectivity index (χ3n) is 2.06. The molecule has 1 unspecified atom stereocenters. The fraction of sp³-hybridized carbons (Fsp3) is 0.667. The van der Waals surface area contributed by atoms with Gasteiger partial charge in [-0.05, 0) is 6.42 Å². The van der Waals surface area contributed by atoms with Gasteiger partial charge < -0.3 is 5.73 Å². The van der Waals surface area contributed by atoms with Crippen LogP contribution in [0.25, 0.3) is 0 Å². The highest BCUT2D eigenvalue weighted by molar-refractivity contribution is 7.91. The molecule has 0 aromatic carbocycles. The molecule has 0 radical (unpaired) electrons. The first-order valence-corrected chi connectivity index (χ1v) is 6.46. The minimum absolute atomic E-state index is 0.0430. The van der Waals surface area contributed by atoms with Gasteiger partial charge in [-0.3, -0.25) is 0 Å². The average Bonchev–Trinajstić information content (AvgIpc) is 2.56. The number of hydrogen-bond acceptors (Lipinski definition) is 6. The van der Waals surface area contributed by atoms with E-state index in [-0.39, 0.29) is 17.4 Å². The molecule has 1 aliphatic rings. The quantitative estimate of drug-likeness (QED) is 0.719. The Balaban J connectivity index is 2.21. The molecule has 7 heteroatoms. The van der Waals surface area contributed by atoms with E-state index in [4.69, 9.17) is 5.73 Å². The summed E-state index contributed by atoms with van der Waals surface area (Å²) in [5.41, 5.74) is 5.41. The zero-order valence-electron chi connectivity index (χ0n) is 6.80. The SMILES string of the molecule is Nc1nc(C2CCS(=O)(=O)C2)ns1. The van der Waals surface area contributed by atoms with Gasteiger partial charge in [-0.25, -0.2) is 13.4 Å². The lowest BCUT2D eigenvalue weighted by molar-refractivity contribution is 0.601. The van der Waals surface area contributed by atoms with Crippen molar-refractivity contribution in [2.24, 2.45) is 0 Å². The van der Waals surface area contributed by atoms with Crippen LogP contribution in [0.4, 0.5) is 5.13 Å². The number of hydrogen-bond donors (Lipinski definition) is 1. The molecule has 1 saturated heterocycles. The third-order valence-corrected chi connectivity index (χ3v) is 4.38. The molecule has 1 fully saturated rings. The first-order chi connectivity index (χ1) is 6.07. The predicted octanol–water partition coefficient (Wildman–Crippen LogP) is 0.0224. The molecule has 0 aliphatic carbocycles. The number of anilines is 1. The van der Waals surface area contributed by atoms with Crippen LogP contribution in [0, 0.1) is 0 Å². The van der Waals surface area contributed by atoms with Gasteiger partial charge in [-0.1, -0.05) is 0 Å². The molecular formula is C6H9N3O2S2. The van der Waals surface area contributed by atoms with E-state index in [1.165, 1.54) is 0 Å². The van der Waals surface area contributed by atoms with E-state index in [9.17, 15) is 8.42 Å². The maximum Gasteiger partial charge on any atom is 0.199 e. The smallest absolute Gasteiger partial charge is 0.199 e. The highest BCUT2D eigenvalue weighted by Gasteiger charge is 2.31. The molecule has 2 heterocycles. The first-order valence-electron chi connectivity index (χ1n) is 3.86. The van der Waals surface area contributed by atoms with Crippen molar-refractivity contribution >= 4 is 26.5 Å². The number of nitrogen functional groups attached to an aromatic ring is 1. The molecule has 0 amide bonds. The Bertz CT molecular complexity index is 411. The summed E-state index contributed by atoms with van der Waals surface area (Å²) in [7, 11) is -2.85. The highest BCUT2D eigenvalue weighted by Crippen LogP contribution is 2.27. The standard InChI is InChI=1S/C6H9N3O2S2/c7-6-8-5(9-12-6)4-1-2-13(10,11)3-4/h4H,1-3H2,(H2,7,8,9). The first kappa shape index (κ1) is 8.89. The zero-order valence-corrected chi connectivity index (χ0v) is 8.44. The summed E-state index contributed by atoms with van der Waals surface area (Å²) in [5.74, 6) is 0.960. The second-order valence-corrected chi connectivity index (χ2v) is 6.10. The van der Waals surface area contributed by atoms with Crippen LogP contribution in [0.2, 0.25) is 0 Å². The Morgan fingerprint density at radius 1 is 1.54 bits per heavy atom. The van der Waals surface area contributed by atoms with E-state index < -0.39 is 9.84 Å². The normalized spacial score (nSPS) is 26.3. The van der Waals surface area contributed by atoms with Crippen molar-refractivity contribution in [1.82, 2.24) is 9.36 Å². The number of rotatable bonds is 1. The second kappa shape index (κ2) is 2.91. The van der Waals surface area contributed by atoms with Crippen molar-refractivity contribution in [3.05, 3.63) is 5.82 Å². The third kappa shape index (κ3) is 1.80. The van der Waals surface area contributed by atoms with Gasteiger partial charge in [0.2, 0.25) is 0 Å². The van der Waals surface area contributed by atoms with Gasteiger partial charge in [0.05, 0.1) is 11.5 Å². The lowest BCUT2D eigenvalue weighted by Gasteiger charge is -1.98. The molecule has 1 atom stereocenters. The molecule has 0 bridgehead atoms. The summed E-state index contributed by atoms with van der Waals surface area (Å²) >= 11 is 1.11. The molecule has 1 aliphatic heterocycles. The maximum atomic E-state index is 11.1. The van der Waals surface area contributed by atoms with Crippen LogP contribution in [0.5, 0.6) is 0 Å². The lowest BCUT2D eigenvalue weighted by atomic mass is 10.1. The maximum absolute atomic E-state index is 11.1. The van der Waals surface area contributed by atoms with Crippen molar-refractivity contribution < 1.29 is 8.42 Å². The fourth-order valence-electron chi connectivity index (χ4n) is 1.41. The fourth-order valence-corrected chi connectivity index (χ4v) is 3.66. The topological polar surface area (TPSA) is 85.9 Å². The molecule has 1 aromatic heterocycles. The molecule has 2 rings (SSSR count). The Kier molecular flexibility index (Phi) is 1.99. The van der Waals surface area contributed by atoms with Crippen LogP contribution in [-0.4, -0.2) is 29.3 Å². The summed E-state index contributed by atoms with van der Waals surface area (Å²) < 4.78 is 26.3. The minimum atomic E-state index is -2.85. The number of nitrogens with zero attached hydrogens (tertiary/aromatic N) is 2. The van der Waals surface area contributed by atoms with Crippen LogP contribution >= 0.6 is 11.5 Å². The van der Waals surface area contributed by atoms with Gasteiger partial charge in [0, 0.05) is 17.5 Å². The Morgan fingerprint density at radius 3 is 2.77 bits per heavy atom. The van der Waals surface area contributed by atoms with Crippen LogP contribution in [0.1, 0.15) is 18.2 Å². The lowest BCUT2D eigenvalue weighted by Crippen LogP contribution is -2.05. The minimum Gasteiger partial charge on any atom is -0.374 e. The molecule has 5 nitrogen and oxygen atoms in total. The summed E-state index contributed by atoms with van der Waals surface area (Å²) in [4.78, 5) is 3.98. The van der Waals surface area contributed by atoms with E-state index in [1.54, 1.807) is 0 Å². The largest absolute Gasteiger partial charge is 0.374 e.